The van der Waals surface area contributed by atoms with Gasteiger partial charge in [-0.3, -0.25) is 10.1 Å². The van der Waals surface area contributed by atoms with Crippen LogP contribution in [0.25, 0.3) is 11.3 Å². The van der Waals surface area contributed by atoms with Gasteiger partial charge in [-0.25, -0.2) is 4.99 Å². The number of nitro benzene ring substituents is 1. The molecule has 0 atom stereocenters. The molecule has 3 aromatic rings. The molecule has 6 heteroatoms. The minimum atomic E-state index is -0.357. The van der Waals surface area contributed by atoms with E-state index >= 15 is 0 Å². The van der Waals surface area contributed by atoms with E-state index in [9.17, 15) is 10.1 Å². The molecular weight excluding hydrogens is 418 g/mol. The molecule has 0 spiro atoms. The average Bonchev–Trinajstić information content (AvgIpc) is 3.21. The first-order valence-electron chi connectivity index (χ1n) is 11.3. The molecule has 1 aliphatic carbocycles. The van der Waals surface area contributed by atoms with Gasteiger partial charge in [0.05, 0.1) is 16.3 Å². The zero-order chi connectivity index (χ0) is 22.5. The number of benzene rings is 2. The third-order valence-electron chi connectivity index (χ3n) is 5.99. The van der Waals surface area contributed by atoms with E-state index in [1.165, 1.54) is 36.8 Å². The molecule has 0 saturated carbocycles. The molecule has 0 aliphatic heterocycles. The van der Waals surface area contributed by atoms with Gasteiger partial charge in [-0.05, 0) is 67.3 Å². The molecule has 5 nitrogen and oxygen atoms in total. The fourth-order valence-corrected chi connectivity index (χ4v) is 5.14. The first kappa shape index (κ1) is 22.2. The van der Waals surface area contributed by atoms with E-state index in [2.05, 4.69) is 48.1 Å². The highest BCUT2D eigenvalue weighted by Gasteiger charge is 2.13. The van der Waals surface area contributed by atoms with Gasteiger partial charge in [-0.2, -0.15) is 0 Å². The highest BCUT2D eigenvalue weighted by atomic mass is 32.1. The van der Waals surface area contributed by atoms with Gasteiger partial charge in [0, 0.05) is 24.1 Å². The van der Waals surface area contributed by atoms with Crippen LogP contribution in [0.4, 0.5) is 11.4 Å². The lowest BCUT2D eigenvalue weighted by atomic mass is 9.97. The number of aromatic nitrogens is 1. The topological polar surface area (TPSA) is 60.4 Å². The molecule has 1 aliphatic rings. The zero-order valence-corrected chi connectivity index (χ0v) is 19.5. The summed E-state index contributed by atoms with van der Waals surface area (Å²) in [6.07, 6.45) is 8.32. The minimum absolute atomic E-state index is 0.110. The number of rotatable bonds is 7. The number of non-ortho nitro benzene ring substituents is 1. The normalized spacial score (nSPS) is 14.6. The highest BCUT2D eigenvalue weighted by molar-refractivity contribution is 7.07. The second-order valence-electron chi connectivity index (χ2n) is 8.54. The van der Waals surface area contributed by atoms with E-state index in [1.54, 1.807) is 23.5 Å². The molecular formula is C26H29N3O2S. The first-order chi connectivity index (χ1) is 15.5. The number of para-hydroxylation sites is 1. The smallest absolute Gasteiger partial charge is 0.269 e. The molecule has 4 rings (SSSR count). The Morgan fingerprint density at radius 1 is 1.12 bits per heavy atom. The Balaban J connectivity index is 1.76. The predicted octanol–water partition coefficient (Wildman–Crippen LogP) is 7.37. The van der Waals surface area contributed by atoms with Crippen LogP contribution in [0.15, 0.2) is 70.6 Å². The fourth-order valence-electron chi connectivity index (χ4n) is 4.19. The summed E-state index contributed by atoms with van der Waals surface area (Å²) >= 11 is 1.63. The molecule has 166 valence electrons. The van der Waals surface area contributed by atoms with Crippen LogP contribution in [-0.4, -0.2) is 9.49 Å². The zero-order valence-electron chi connectivity index (χ0n) is 18.7. The third kappa shape index (κ3) is 5.07. The summed E-state index contributed by atoms with van der Waals surface area (Å²) in [6, 6.07) is 15.1. The van der Waals surface area contributed by atoms with E-state index in [1.807, 2.05) is 18.2 Å². The van der Waals surface area contributed by atoms with Crippen molar-refractivity contribution in [3.63, 3.8) is 0 Å². The standard InChI is InChI=1S/C26H29N3O2S/c1-19(2)23-10-6-7-11-24(23)27-26-28(17-16-20-8-4-3-5-9-20)25(18-32-26)21-12-14-22(15-13-21)29(30)31/h6-8,10-15,18-19H,3-5,9,16-17H2,1-2H3. The Kier molecular flexibility index (Phi) is 7.00. The average molecular weight is 448 g/mol. The van der Waals surface area contributed by atoms with Crippen LogP contribution in [-0.2, 0) is 6.54 Å². The predicted molar refractivity (Wildman–Crippen MR) is 131 cm³/mol. The van der Waals surface area contributed by atoms with Gasteiger partial charge in [0.1, 0.15) is 0 Å². The van der Waals surface area contributed by atoms with Gasteiger partial charge in [-0.15, -0.1) is 11.3 Å². The van der Waals surface area contributed by atoms with E-state index in [-0.39, 0.29) is 10.6 Å². The van der Waals surface area contributed by atoms with Crippen LogP contribution < -0.4 is 4.80 Å². The maximum Gasteiger partial charge on any atom is 0.269 e. The van der Waals surface area contributed by atoms with Gasteiger partial charge in [0.25, 0.3) is 5.69 Å². The van der Waals surface area contributed by atoms with Crippen LogP contribution in [0.5, 0.6) is 0 Å². The SMILES string of the molecule is CC(C)c1ccccc1N=c1scc(-c2ccc([N+](=O)[O-])cc2)n1CCC1=CCCCC1. The highest BCUT2D eigenvalue weighted by Crippen LogP contribution is 2.28. The van der Waals surface area contributed by atoms with E-state index in [0.717, 1.165) is 34.7 Å². The van der Waals surface area contributed by atoms with Crippen molar-refractivity contribution in [1.82, 2.24) is 4.57 Å². The minimum Gasteiger partial charge on any atom is -0.316 e. The van der Waals surface area contributed by atoms with Gasteiger partial charge < -0.3 is 4.57 Å². The van der Waals surface area contributed by atoms with Gasteiger partial charge in [-0.1, -0.05) is 43.7 Å². The maximum atomic E-state index is 11.1. The molecule has 0 amide bonds. The van der Waals surface area contributed by atoms with Crippen LogP contribution in [0.2, 0.25) is 0 Å². The molecule has 32 heavy (non-hydrogen) atoms. The van der Waals surface area contributed by atoms with Gasteiger partial charge in [0.15, 0.2) is 4.80 Å². The Bertz CT molecular complexity index is 1190. The summed E-state index contributed by atoms with van der Waals surface area (Å²) in [5, 5.41) is 13.2. The number of allylic oxidation sites excluding steroid dienone is 2. The third-order valence-corrected chi connectivity index (χ3v) is 6.85. The monoisotopic (exact) mass is 447 g/mol. The lowest BCUT2D eigenvalue weighted by Gasteiger charge is -2.15. The number of hydrogen-bond acceptors (Lipinski definition) is 4. The number of hydrogen-bond donors (Lipinski definition) is 0. The molecule has 2 aromatic carbocycles. The summed E-state index contributed by atoms with van der Waals surface area (Å²) in [6.45, 7) is 5.23. The Morgan fingerprint density at radius 2 is 1.91 bits per heavy atom. The molecule has 0 radical (unpaired) electrons. The van der Waals surface area contributed by atoms with Crippen molar-refractivity contribution in [2.24, 2.45) is 4.99 Å². The number of nitro groups is 1. The Labute approximate surface area is 192 Å². The van der Waals surface area contributed by atoms with Crippen LogP contribution in [0.1, 0.15) is 57.4 Å². The number of nitrogens with zero attached hydrogens (tertiary/aromatic N) is 3. The Morgan fingerprint density at radius 3 is 2.59 bits per heavy atom. The van der Waals surface area contributed by atoms with Gasteiger partial charge in [0.2, 0.25) is 0 Å². The molecule has 0 saturated heterocycles. The molecule has 1 aromatic heterocycles. The second-order valence-corrected chi connectivity index (χ2v) is 9.38. The van der Waals surface area contributed by atoms with Crippen molar-refractivity contribution in [2.75, 3.05) is 0 Å². The van der Waals surface area contributed by atoms with Crippen molar-refractivity contribution in [3.05, 3.63) is 86.0 Å². The van der Waals surface area contributed by atoms with Crippen molar-refractivity contribution in [1.29, 1.82) is 0 Å². The lowest BCUT2D eigenvalue weighted by molar-refractivity contribution is -0.384. The molecule has 0 N–H and O–H groups in total. The summed E-state index contributed by atoms with van der Waals surface area (Å²) in [7, 11) is 0. The van der Waals surface area contributed by atoms with Crippen LogP contribution in [0.3, 0.4) is 0 Å². The summed E-state index contributed by atoms with van der Waals surface area (Å²) in [4.78, 5) is 16.7. The second kappa shape index (κ2) is 10.1. The van der Waals surface area contributed by atoms with Crippen molar-refractivity contribution in [3.8, 4) is 11.3 Å². The quantitative estimate of drug-likeness (QED) is 0.216. The van der Waals surface area contributed by atoms with Crippen molar-refractivity contribution >= 4 is 22.7 Å². The van der Waals surface area contributed by atoms with Crippen LogP contribution >= 0.6 is 11.3 Å². The summed E-state index contributed by atoms with van der Waals surface area (Å²) in [5.74, 6) is 0.393. The fraction of sp³-hybridized carbons (Fsp3) is 0.346. The molecule has 1 heterocycles. The largest absolute Gasteiger partial charge is 0.316 e. The molecule has 0 bridgehead atoms. The van der Waals surface area contributed by atoms with Crippen LogP contribution in [0, 0.1) is 10.1 Å². The number of thiazole rings is 1. The Hall–Kier alpha value is -2.99. The first-order valence-corrected chi connectivity index (χ1v) is 12.2. The van der Waals surface area contributed by atoms with E-state index < -0.39 is 0 Å². The summed E-state index contributed by atoms with van der Waals surface area (Å²) in [5.41, 5.74) is 5.91. The summed E-state index contributed by atoms with van der Waals surface area (Å²) < 4.78 is 2.28. The molecule has 0 fully saturated rings. The maximum absolute atomic E-state index is 11.1. The molecule has 0 unspecified atom stereocenters. The van der Waals surface area contributed by atoms with Crippen molar-refractivity contribution < 1.29 is 4.92 Å². The lowest BCUT2D eigenvalue weighted by Crippen LogP contribution is -2.17. The van der Waals surface area contributed by atoms with Crippen molar-refractivity contribution in [2.45, 2.75) is 58.4 Å². The van der Waals surface area contributed by atoms with E-state index in [0.29, 0.717) is 5.92 Å². The van der Waals surface area contributed by atoms with E-state index in [4.69, 9.17) is 4.99 Å². The van der Waals surface area contributed by atoms with Gasteiger partial charge >= 0.3 is 0 Å².